The molecule has 0 bridgehead atoms. The molecule has 0 aliphatic rings. The average molecular weight is 148 g/mol. The van der Waals surface area contributed by atoms with Crippen molar-refractivity contribution in [2.75, 3.05) is 0 Å². The molecule has 0 amide bonds. The second-order valence-electron chi connectivity index (χ2n) is 1.92. The number of aromatic nitrogens is 2. The van der Waals surface area contributed by atoms with Crippen LogP contribution in [-0.2, 0) is 7.05 Å². The first-order valence-electron chi connectivity index (χ1n) is 2.59. The van der Waals surface area contributed by atoms with E-state index in [9.17, 15) is 0 Å². The van der Waals surface area contributed by atoms with E-state index in [2.05, 4.69) is 11.2 Å². The van der Waals surface area contributed by atoms with Crippen molar-refractivity contribution in [2.45, 2.75) is 13.8 Å². The number of aryl methyl sites for hydroxylation is 3. The van der Waals surface area contributed by atoms with Crippen LogP contribution in [0.3, 0.4) is 0 Å². The van der Waals surface area contributed by atoms with E-state index in [4.69, 9.17) is 0 Å². The second-order valence-corrected chi connectivity index (χ2v) is 1.92. The molecule has 0 N–H and O–H groups in total. The first-order valence-corrected chi connectivity index (χ1v) is 2.59. The minimum atomic E-state index is 0. The van der Waals surface area contributed by atoms with E-state index < -0.39 is 0 Å². The summed E-state index contributed by atoms with van der Waals surface area (Å²) in [6.07, 6.45) is 0. The van der Waals surface area contributed by atoms with Crippen molar-refractivity contribution in [3.63, 3.8) is 0 Å². The molecule has 1 heterocycles. The third-order valence-electron chi connectivity index (χ3n) is 1.15. The van der Waals surface area contributed by atoms with E-state index in [0.29, 0.717) is 0 Å². The third kappa shape index (κ3) is 2.51. The summed E-state index contributed by atoms with van der Waals surface area (Å²) in [6, 6.07) is 3.06. The molecule has 1 aromatic heterocycles. The van der Waals surface area contributed by atoms with E-state index in [1.807, 2.05) is 25.6 Å². The summed E-state index contributed by atoms with van der Waals surface area (Å²) in [5, 5.41) is 4.07. The first kappa shape index (κ1) is 9.85. The van der Waals surface area contributed by atoms with Crippen molar-refractivity contribution in [1.82, 2.24) is 9.78 Å². The standard InChI is InChI=1S/C6H9N2.K/c1-5-4-6(2)8(3)7-5;/h1-3H3;/q-1;+1. The molecular formula is C6H9KN2. The Labute approximate surface area is 98.1 Å². The Bertz CT molecular complexity index is 173. The van der Waals surface area contributed by atoms with Crippen molar-refractivity contribution >= 4 is 0 Å². The molecule has 0 saturated carbocycles. The van der Waals surface area contributed by atoms with Gasteiger partial charge < -0.3 is 10.7 Å². The number of rotatable bonds is 0. The smallest absolute Gasteiger partial charge is 0.426 e. The van der Waals surface area contributed by atoms with E-state index in [1.165, 1.54) is 0 Å². The number of nitrogens with zero attached hydrogens (tertiary/aromatic N) is 2. The van der Waals surface area contributed by atoms with Crippen molar-refractivity contribution in [2.24, 2.45) is 7.05 Å². The van der Waals surface area contributed by atoms with Crippen LogP contribution in [0, 0.1) is 19.9 Å². The van der Waals surface area contributed by atoms with Crippen LogP contribution in [0.1, 0.15) is 11.4 Å². The van der Waals surface area contributed by atoms with E-state index in [0.717, 1.165) is 11.4 Å². The maximum atomic E-state index is 4.07. The normalized spacial score (nSPS) is 8.78. The molecule has 9 heavy (non-hydrogen) atoms. The van der Waals surface area contributed by atoms with Crippen LogP contribution in [0.4, 0.5) is 0 Å². The minimum absolute atomic E-state index is 0. The van der Waals surface area contributed by atoms with Crippen LogP contribution in [0.25, 0.3) is 0 Å². The first-order chi connectivity index (χ1) is 3.70. The van der Waals surface area contributed by atoms with E-state index >= 15 is 0 Å². The van der Waals surface area contributed by atoms with Gasteiger partial charge in [0.25, 0.3) is 0 Å². The van der Waals surface area contributed by atoms with Gasteiger partial charge >= 0.3 is 51.4 Å². The monoisotopic (exact) mass is 148 g/mol. The van der Waals surface area contributed by atoms with Gasteiger partial charge in [-0.15, -0.1) is 11.4 Å². The number of hydrogen-bond acceptors (Lipinski definition) is 1. The van der Waals surface area contributed by atoms with Gasteiger partial charge in [0.15, 0.2) is 0 Å². The molecule has 2 nitrogen and oxygen atoms in total. The fourth-order valence-electron chi connectivity index (χ4n) is 0.668. The summed E-state index contributed by atoms with van der Waals surface area (Å²) >= 11 is 0. The van der Waals surface area contributed by atoms with Crippen LogP contribution >= 0.6 is 0 Å². The van der Waals surface area contributed by atoms with Gasteiger partial charge in [-0.2, -0.15) is 0 Å². The minimum Gasteiger partial charge on any atom is -0.426 e. The van der Waals surface area contributed by atoms with Crippen LogP contribution < -0.4 is 51.4 Å². The van der Waals surface area contributed by atoms with Gasteiger partial charge in [-0.25, -0.2) is 5.10 Å². The average Bonchev–Trinajstić information content (AvgIpc) is 1.85. The fourth-order valence-corrected chi connectivity index (χ4v) is 0.668. The van der Waals surface area contributed by atoms with Gasteiger partial charge in [-0.1, -0.05) is 13.8 Å². The Kier molecular flexibility index (Phi) is 4.25. The second kappa shape index (κ2) is 3.88. The predicted octanol–water partition coefficient (Wildman–Crippen LogP) is -2.16. The van der Waals surface area contributed by atoms with E-state index in [-0.39, 0.29) is 51.4 Å². The maximum absolute atomic E-state index is 4.07. The largest absolute Gasteiger partial charge is 1.00 e. The summed E-state index contributed by atoms with van der Waals surface area (Å²) in [7, 11) is 1.92. The van der Waals surface area contributed by atoms with Gasteiger partial charge in [0, 0.05) is 7.05 Å². The summed E-state index contributed by atoms with van der Waals surface area (Å²) in [6.45, 7) is 3.92. The predicted molar refractivity (Wildman–Crippen MR) is 31.5 cm³/mol. The Morgan fingerprint density at radius 3 is 2.11 bits per heavy atom. The zero-order chi connectivity index (χ0) is 6.15. The van der Waals surface area contributed by atoms with Crippen LogP contribution in [0.2, 0.25) is 0 Å². The molecule has 0 spiro atoms. The number of hydrogen-bond donors (Lipinski definition) is 0. The van der Waals surface area contributed by atoms with Gasteiger partial charge in [-0.3, -0.25) is 0 Å². The fraction of sp³-hybridized carbons (Fsp3) is 0.500. The summed E-state index contributed by atoms with van der Waals surface area (Å²) < 4.78 is 1.81. The van der Waals surface area contributed by atoms with Gasteiger partial charge in [0.2, 0.25) is 0 Å². The molecule has 0 saturated heterocycles. The Hall–Kier alpha value is 0.846. The van der Waals surface area contributed by atoms with Gasteiger partial charge in [-0.05, 0) is 0 Å². The molecule has 0 aromatic carbocycles. The molecule has 0 radical (unpaired) electrons. The van der Waals surface area contributed by atoms with Crippen molar-refractivity contribution in [3.8, 4) is 0 Å². The molecule has 1 aromatic rings. The van der Waals surface area contributed by atoms with Crippen LogP contribution in [0.5, 0.6) is 0 Å². The van der Waals surface area contributed by atoms with E-state index in [1.54, 1.807) is 0 Å². The van der Waals surface area contributed by atoms with Crippen LogP contribution in [0.15, 0.2) is 0 Å². The Morgan fingerprint density at radius 2 is 2.00 bits per heavy atom. The molecule has 0 aliphatic heterocycles. The molecule has 44 valence electrons. The molecule has 0 unspecified atom stereocenters. The van der Waals surface area contributed by atoms with Crippen molar-refractivity contribution in [1.29, 1.82) is 0 Å². The topological polar surface area (TPSA) is 17.8 Å². The van der Waals surface area contributed by atoms with Crippen LogP contribution in [-0.4, -0.2) is 9.78 Å². The maximum Gasteiger partial charge on any atom is 1.00 e. The summed E-state index contributed by atoms with van der Waals surface area (Å²) in [5.41, 5.74) is 2.05. The molecule has 0 fully saturated rings. The summed E-state index contributed by atoms with van der Waals surface area (Å²) in [5.74, 6) is 0. The third-order valence-corrected chi connectivity index (χ3v) is 1.15. The molecule has 1 rings (SSSR count). The zero-order valence-corrected chi connectivity index (χ0v) is 9.52. The Morgan fingerprint density at radius 1 is 1.44 bits per heavy atom. The van der Waals surface area contributed by atoms with Crippen molar-refractivity contribution < 1.29 is 51.4 Å². The summed E-state index contributed by atoms with van der Waals surface area (Å²) in [4.78, 5) is 0. The van der Waals surface area contributed by atoms with Gasteiger partial charge in [0.1, 0.15) is 0 Å². The van der Waals surface area contributed by atoms with Crippen molar-refractivity contribution in [3.05, 3.63) is 17.5 Å². The quantitative estimate of drug-likeness (QED) is 0.303. The Balaban J connectivity index is 0.000000640. The molecule has 0 aliphatic carbocycles. The molecule has 3 heteroatoms. The SMILES string of the molecule is Cc1[c-]c(C)n(C)n1.[K+]. The van der Waals surface area contributed by atoms with Gasteiger partial charge in [0.05, 0.1) is 0 Å². The molecular weight excluding hydrogens is 139 g/mol. The molecule has 0 atom stereocenters. The zero-order valence-electron chi connectivity index (χ0n) is 6.39.